The molecule has 4 nitrogen and oxygen atoms in total. The zero-order chi connectivity index (χ0) is 14.0. The van der Waals surface area contributed by atoms with Crippen LogP contribution in [0.2, 0.25) is 0 Å². The number of aryl methyl sites for hydroxylation is 1. The molecule has 1 N–H and O–H groups in total. The van der Waals surface area contributed by atoms with Crippen LogP contribution in [0.3, 0.4) is 0 Å². The molecule has 1 aromatic carbocycles. The van der Waals surface area contributed by atoms with Crippen LogP contribution in [0, 0.1) is 6.92 Å². The fraction of sp³-hybridized carbons (Fsp3) is 0.167. The lowest BCUT2D eigenvalue weighted by Crippen LogP contribution is -2.19. The maximum atomic E-state index is 12.0. The molecular weight excluding hydrogens is 442 g/mol. The Balaban J connectivity index is 2.11. The Labute approximate surface area is 136 Å². The van der Waals surface area contributed by atoms with Gasteiger partial charge in [0.05, 0.1) is 16.4 Å². The van der Waals surface area contributed by atoms with Crippen LogP contribution in [0.5, 0.6) is 0 Å². The third-order valence-electron chi connectivity index (χ3n) is 2.36. The normalized spacial score (nSPS) is 10.5. The van der Waals surface area contributed by atoms with E-state index < -0.39 is 0 Å². The van der Waals surface area contributed by atoms with Gasteiger partial charge in [-0.15, -0.1) is 0 Å². The minimum atomic E-state index is -0.138. The van der Waals surface area contributed by atoms with E-state index in [0.717, 1.165) is 24.7 Å². The van der Waals surface area contributed by atoms with Gasteiger partial charge in [0.25, 0.3) is 0 Å². The van der Waals surface area contributed by atoms with Crippen molar-refractivity contribution in [3.05, 3.63) is 43.5 Å². The Hall–Kier alpha value is -0.660. The number of hydrogen-bond donors (Lipinski definition) is 1. The van der Waals surface area contributed by atoms with Crippen LogP contribution in [-0.4, -0.2) is 15.7 Å². The first-order valence-corrected chi connectivity index (χ1v) is 7.77. The lowest BCUT2D eigenvalue weighted by molar-refractivity contribution is -0.116. The monoisotopic (exact) mass is 449 g/mol. The topological polar surface area (TPSA) is 46.9 Å². The first-order chi connectivity index (χ1) is 8.95. The van der Waals surface area contributed by atoms with Crippen molar-refractivity contribution in [3.63, 3.8) is 0 Å². The smallest absolute Gasteiger partial charge is 0.246 e. The molecule has 0 spiro atoms. The molecular formula is C12H10Br3N3O. The van der Waals surface area contributed by atoms with Gasteiger partial charge >= 0.3 is 0 Å². The molecule has 0 saturated heterocycles. The Morgan fingerprint density at radius 3 is 2.47 bits per heavy atom. The average Bonchev–Trinajstić information content (AvgIpc) is 2.69. The van der Waals surface area contributed by atoms with E-state index in [2.05, 4.69) is 58.2 Å². The van der Waals surface area contributed by atoms with Crippen molar-refractivity contribution in [2.75, 3.05) is 5.32 Å². The third-order valence-corrected chi connectivity index (χ3v) is 4.02. The zero-order valence-corrected chi connectivity index (χ0v) is 14.7. The van der Waals surface area contributed by atoms with Crippen molar-refractivity contribution >= 4 is 59.4 Å². The number of benzene rings is 1. The van der Waals surface area contributed by atoms with Gasteiger partial charge in [-0.05, 0) is 72.4 Å². The van der Waals surface area contributed by atoms with Gasteiger partial charge in [0.2, 0.25) is 5.91 Å². The molecule has 1 heterocycles. The average molecular weight is 452 g/mol. The summed E-state index contributed by atoms with van der Waals surface area (Å²) in [5, 5.41) is 6.90. The number of halogens is 3. The van der Waals surface area contributed by atoms with Gasteiger partial charge in [0.1, 0.15) is 6.54 Å². The highest BCUT2D eigenvalue weighted by Gasteiger charge is 2.11. The Kier molecular flexibility index (Phi) is 4.81. The standard InChI is InChI=1S/C12H10Br3N3O/c1-7-2-9(14)12(10(15)3-7)17-11(19)6-18-5-8(13)4-16-18/h2-5H,6H2,1H3,(H,17,19). The minimum Gasteiger partial charge on any atom is -0.323 e. The maximum absolute atomic E-state index is 12.0. The Morgan fingerprint density at radius 2 is 1.95 bits per heavy atom. The predicted octanol–water partition coefficient (Wildman–Crippen LogP) is 4.12. The molecule has 0 aliphatic carbocycles. The van der Waals surface area contributed by atoms with Crippen LogP contribution < -0.4 is 5.32 Å². The number of amides is 1. The summed E-state index contributed by atoms with van der Waals surface area (Å²) < 4.78 is 4.09. The number of carbonyl (C=O) groups excluding carboxylic acids is 1. The van der Waals surface area contributed by atoms with E-state index in [0.29, 0.717) is 0 Å². The molecule has 0 bridgehead atoms. The summed E-state index contributed by atoms with van der Waals surface area (Å²) in [7, 11) is 0. The summed E-state index contributed by atoms with van der Waals surface area (Å²) in [5.74, 6) is -0.138. The number of hydrogen-bond acceptors (Lipinski definition) is 2. The van der Waals surface area contributed by atoms with E-state index in [1.54, 1.807) is 17.1 Å². The summed E-state index contributed by atoms with van der Waals surface area (Å²) in [6.07, 6.45) is 3.39. The number of rotatable bonds is 3. The van der Waals surface area contributed by atoms with Crippen LogP contribution in [0.4, 0.5) is 5.69 Å². The molecule has 0 aliphatic rings. The van der Waals surface area contributed by atoms with E-state index in [-0.39, 0.29) is 12.5 Å². The van der Waals surface area contributed by atoms with Crippen LogP contribution in [0.25, 0.3) is 0 Å². The zero-order valence-electron chi connectivity index (χ0n) is 9.95. The van der Waals surface area contributed by atoms with E-state index in [9.17, 15) is 4.79 Å². The summed E-state index contributed by atoms with van der Waals surface area (Å²) >= 11 is 10.2. The van der Waals surface area contributed by atoms with Gasteiger partial charge in [-0.25, -0.2) is 0 Å². The van der Waals surface area contributed by atoms with Gasteiger partial charge in [0, 0.05) is 15.1 Å². The largest absolute Gasteiger partial charge is 0.323 e. The van der Waals surface area contributed by atoms with Crippen LogP contribution in [0.15, 0.2) is 37.9 Å². The molecule has 1 amide bonds. The van der Waals surface area contributed by atoms with Crippen molar-refractivity contribution < 1.29 is 4.79 Å². The second-order valence-electron chi connectivity index (χ2n) is 4.01. The van der Waals surface area contributed by atoms with Gasteiger partial charge in [-0.2, -0.15) is 5.10 Å². The highest BCUT2D eigenvalue weighted by Crippen LogP contribution is 2.32. The number of nitrogens with zero attached hydrogens (tertiary/aromatic N) is 2. The summed E-state index contributed by atoms with van der Waals surface area (Å²) in [4.78, 5) is 12.0. The quantitative estimate of drug-likeness (QED) is 0.763. The highest BCUT2D eigenvalue weighted by atomic mass is 79.9. The second-order valence-corrected chi connectivity index (χ2v) is 6.63. The van der Waals surface area contributed by atoms with E-state index >= 15 is 0 Å². The molecule has 0 saturated carbocycles. The fourth-order valence-corrected chi connectivity index (χ4v) is 3.51. The second kappa shape index (κ2) is 6.19. The van der Waals surface area contributed by atoms with Crippen LogP contribution in [-0.2, 0) is 11.3 Å². The van der Waals surface area contributed by atoms with Gasteiger partial charge in [-0.1, -0.05) is 0 Å². The van der Waals surface area contributed by atoms with Crippen molar-refractivity contribution in [2.45, 2.75) is 13.5 Å². The Morgan fingerprint density at radius 1 is 1.32 bits per heavy atom. The minimum absolute atomic E-state index is 0.138. The van der Waals surface area contributed by atoms with Crippen molar-refractivity contribution in [1.82, 2.24) is 9.78 Å². The molecule has 2 aromatic rings. The number of anilines is 1. The first-order valence-electron chi connectivity index (χ1n) is 5.39. The molecule has 2 rings (SSSR count). The van der Waals surface area contributed by atoms with E-state index in [1.807, 2.05) is 19.1 Å². The van der Waals surface area contributed by atoms with Gasteiger partial charge in [0.15, 0.2) is 0 Å². The number of nitrogens with one attached hydrogen (secondary N) is 1. The fourth-order valence-electron chi connectivity index (χ4n) is 1.57. The summed E-state index contributed by atoms with van der Waals surface area (Å²) in [6, 6.07) is 3.90. The highest BCUT2D eigenvalue weighted by molar-refractivity contribution is 9.11. The molecule has 1 aromatic heterocycles. The van der Waals surface area contributed by atoms with E-state index in [1.165, 1.54) is 0 Å². The Bertz CT molecular complexity index is 601. The molecule has 0 unspecified atom stereocenters. The lowest BCUT2D eigenvalue weighted by atomic mass is 10.2. The molecule has 0 atom stereocenters. The van der Waals surface area contributed by atoms with Crippen molar-refractivity contribution in [3.8, 4) is 0 Å². The van der Waals surface area contributed by atoms with Crippen LogP contribution >= 0.6 is 47.8 Å². The number of aromatic nitrogens is 2. The van der Waals surface area contributed by atoms with Crippen molar-refractivity contribution in [1.29, 1.82) is 0 Å². The molecule has 19 heavy (non-hydrogen) atoms. The lowest BCUT2D eigenvalue weighted by Gasteiger charge is -2.10. The molecule has 0 aliphatic heterocycles. The maximum Gasteiger partial charge on any atom is 0.246 e. The third kappa shape index (κ3) is 3.90. The molecule has 100 valence electrons. The molecule has 0 radical (unpaired) electrons. The van der Waals surface area contributed by atoms with Gasteiger partial charge in [-0.3, -0.25) is 9.48 Å². The summed E-state index contributed by atoms with van der Waals surface area (Å²) in [5.41, 5.74) is 1.83. The molecule has 7 heteroatoms. The van der Waals surface area contributed by atoms with E-state index in [4.69, 9.17) is 0 Å². The SMILES string of the molecule is Cc1cc(Br)c(NC(=O)Cn2cc(Br)cn2)c(Br)c1. The summed E-state index contributed by atoms with van der Waals surface area (Å²) in [6.45, 7) is 2.15. The van der Waals surface area contributed by atoms with Crippen LogP contribution in [0.1, 0.15) is 5.56 Å². The molecule has 0 fully saturated rings. The first kappa shape index (κ1) is 14.7. The van der Waals surface area contributed by atoms with Crippen molar-refractivity contribution in [2.24, 2.45) is 0 Å². The number of carbonyl (C=O) groups is 1. The predicted molar refractivity (Wildman–Crippen MR) is 85.1 cm³/mol. The van der Waals surface area contributed by atoms with Gasteiger partial charge < -0.3 is 5.32 Å².